The first-order valence-electron chi connectivity index (χ1n) is 8.65. The molecule has 0 aliphatic carbocycles. The molecule has 3 rings (SSSR count). The summed E-state index contributed by atoms with van der Waals surface area (Å²) in [7, 11) is 0. The number of hydrogen-bond donors (Lipinski definition) is 2. The number of nitrogens with zero attached hydrogens (tertiary/aromatic N) is 3. The number of oxazole rings is 1. The van der Waals surface area contributed by atoms with Gasteiger partial charge in [0.15, 0.2) is 11.7 Å². The molecule has 1 fully saturated rings. The summed E-state index contributed by atoms with van der Waals surface area (Å²) in [6, 6.07) is 9.87. The fraction of sp³-hybridized carbons (Fsp3) is 0.444. The third-order valence-corrected chi connectivity index (χ3v) is 4.06. The van der Waals surface area contributed by atoms with Crippen LogP contribution in [-0.2, 0) is 11.3 Å². The summed E-state index contributed by atoms with van der Waals surface area (Å²) in [6.45, 7) is 5.86. The van der Waals surface area contributed by atoms with Crippen molar-refractivity contribution in [3.63, 3.8) is 0 Å². The number of morpholine rings is 1. The van der Waals surface area contributed by atoms with E-state index in [9.17, 15) is 0 Å². The molecular weight excluding hydrogens is 445 g/mol. The molecule has 1 aromatic heterocycles. The lowest BCUT2D eigenvalue weighted by Gasteiger charge is -2.26. The Kier molecular flexibility index (Phi) is 8.86. The number of aromatic nitrogens is 1. The molecule has 0 bridgehead atoms. The molecule has 3 N–H and O–H groups in total. The van der Waals surface area contributed by atoms with E-state index in [4.69, 9.17) is 14.9 Å². The molecule has 1 aromatic carbocycles. The van der Waals surface area contributed by atoms with Crippen molar-refractivity contribution in [2.45, 2.75) is 13.0 Å². The van der Waals surface area contributed by atoms with E-state index in [0.717, 1.165) is 57.1 Å². The van der Waals surface area contributed by atoms with Gasteiger partial charge in [0.2, 0.25) is 5.89 Å². The molecule has 0 radical (unpaired) electrons. The Morgan fingerprint density at radius 1 is 1.23 bits per heavy atom. The number of ether oxygens (including phenoxy) is 1. The highest BCUT2D eigenvalue weighted by molar-refractivity contribution is 14.0. The van der Waals surface area contributed by atoms with Crippen LogP contribution in [0.1, 0.15) is 12.3 Å². The van der Waals surface area contributed by atoms with Gasteiger partial charge in [-0.3, -0.25) is 4.90 Å². The van der Waals surface area contributed by atoms with Crippen molar-refractivity contribution in [3.05, 3.63) is 42.4 Å². The molecule has 0 saturated carbocycles. The van der Waals surface area contributed by atoms with Crippen molar-refractivity contribution in [1.82, 2.24) is 15.2 Å². The molecule has 0 spiro atoms. The molecule has 142 valence electrons. The van der Waals surface area contributed by atoms with Gasteiger partial charge in [0.05, 0.1) is 19.4 Å². The largest absolute Gasteiger partial charge is 0.439 e. The molecule has 8 heteroatoms. The Balaban J connectivity index is 0.00000243. The van der Waals surface area contributed by atoms with E-state index in [1.807, 2.05) is 30.3 Å². The van der Waals surface area contributed by atoms with Crippen LogP contribution in [0.25, 0.3) is 11.3 Å². The predicted octanol–water partition coefficient (Wildman–Crippen LogP) is 2.09. The van der Waals surface area contributed by atoms with Gasteiger partial charge in [-0.05, 0) is 13.0 Å². The third kappa shape index (κ3) is 6.58. The Morgan fingerprint density at radius 2 is 2.00 bits per heavy atom. The number of halogens is 1. The molecule has 7 nitrogen and oxygen atoms in total. The van der Waals surface area contributed by atoms with Crippen molar-refractivity contribution >= 4 is 29.9 Å². The zero-order valence-corrected chi connectivity index (χ0v) is 17.1. The molecule has 0 unspecified atom stereocenters. The number of hydrogen-bond acceptors (Lipinski definition) is 5. The van der Waals surface area contributed by atoms with Crippen molar-refractivity contribution < 1.29 is 9.15 Å². The third-order valence-electron chi connectivity index (χ3n) is 4.06. The maximum atomic E-state index is 5.89. The summed E-state index contributed by atoms with van der Waals surface area (Å²) in [5.74, 6) is 1.71. The minimum absolute atomic E-state index is 0. The van der Waals surface area contributed by atoms with Crippen LogP contribution < -0.4 is 11.1 Å². The predicted molar refractivity (Wildman–Crippen MR) is 113 cm³/mol. The molecule has 26 heavy (non-hydrogen) atoms. The first-order chi connectivity index (χ1) is 12.3. The zero-order chi connectivity index (χ0) is 17.3. The van der Waals surface area contributed by atoms with Gasteiger partial charge in [0.1, 0.15) is 6.54 Å². The Labute approximate surface area is 171 Å². The average Bonchev–Trinajstić information content (AvgIpc) is 3.14. The van der Waals surface area contributed by atoms with Gasteiger partial charge < -0.3 is 20.2 Å². The lowest BCUT2D eigenvalue weighted by Crippen LogP contribution is -2.39. The normalized spacial score (nSPS) is 15.5. The quantitative estimate of drug-likeness (QED) is 0.278. The summed E-state index contributed by atoms with van der Waals surface area (Å²) in [5.41, 5.74) is 6.89. The van der Waals surface area contributed by atoms with Crippen LogP contribution >= 0.6 is 24.0 Å². The van der Waals surface area contributed by atoms with Crippen LogP contribution in [0.15, 0.2) is 45.9 Å². The second-order valence-corrected chi connectivity index (χ2v) is 5.92. The Hall–Kier alpha value is -1.65. The molecule has 1 aliphatic heterocycles. The van der Waals surface area contributed by atoms with Crippen LogP contribution in [-0.4, -0.2) is 55.2 Å². The molecule has 2 aromatic rings. The van der Waals surface area contributed by atoms with Gasteiger partial charge in [-0.1, -0.05) is 30.3 Å². The van der Waals surface area contributed by atoms with Crippen molar-refractivity contribution in [2.24, 2.45) is 10.7 Å². The number of nitrogens with two attached hydrogens (primary N) is 1. The SMILES string of the molecule is I.NC(=NCc1ncc(-c2ccccc2)o1)NCCCN1CCOCC1. The van der Waals surface area contributed by atoms with E-state index in [1.165, 1.54) is 0 Å². The highest BCUT2D eigenvalue weighted by Gasteiger charge is 2.09. The van der Waals surface area contributed by atoms with Gasteiger partial charge in [0, 0.05) is 25.2 Å². The molecule has 0 amide bonds. The number of aliphatic imine (C=N–C) groups is 1. The van der Waals surface area contributed by atoms with Crippen LogP contribution in [0.2, 0.25) is 0 Å². The van der Waals surface area contributed by atoms with Gasteiger partial charge in [-0.2, -0.15) is 0 Å². The summed E-state index contributed by atoms with van der Waals surface area (Å²) in [5, 5.41) is 3.13. The lowest BCUT2D eigenvalue weighted by molar-refractivity contribution is 0.0376. The van der Waals surface area contributed by atoms with Gasteiger partial charge in [-0.15, -0.1) is 24.0 Å². The van der Waals surface area contributed by atoms with Crippen LogP contribution in [0, 0.1) is 0 Å². The highest BCUT2D eigenvalue weighted by Crippen LogP contribution is 2.19. The summed E-state index contributed by atoms with van der Waals surface area (Å²) >= 11 is 0. The average molecular weight is 471 g/mol. The maximum Gasteiger partial charge on any atom is 0.216 e. The van der Waals surface area contributed by atoms with E-state index in [-0.39, 0.29) is 24.0 Å². The monoisotopic (exact) mass is 471 g/mol. The second kappa shape index (κ2) is 11.1. The van der Waals surface area contributed by atoms with Crippen molar-refractivity contribution in [2.75, 3.05) is 39.4 Å². The van der Waals surface area contributed by atoms with Crippen LogP contribution in [0.4, 0.5) is 0 Å². The zero-order valence-electron chi connectivity index (χ0n) is 14.8. The topological polar surface area (TPSA) is 88.9 Å². The molecule has 1 aliphatic rings. The van der Waals surface area contributed by atoms with Gasteiger partial charge in [0.25, 0.3) is 0 Å². The summed E-state index contributed by atoms with van der Waals surface area (Å²) in [6.07, 6.45) is 2.74. The van der Waals surface area contributed by atoms with Crippen LogP contribution in [0.3, 0.4) is 0 Å². The number of benzene rings is 1. The Morgan fingerprint density at radius 3 is 2.77 bits per heavy atom. The van der Waals surface area contributed by atoms with E-state index in [1.54, 1.807) is 6.20 Å². The van der Waals surface area contributed by atoms with E-state index >= 15 is 0 Å². The molecular formula is C18H26IN5O2. The molecule has 0 atom stereocenters. The number of guanidine groups is 1. The first-order valence-corrected chi connectivity index (χ1v) is 8.65. The van der Waals surface area contributed by atoms with E-state index in [0.29, 0.717) is 18.4 Å². The first kappa shape index (κ1) is 20.7. The minimum Gasteiger partial charge on any atom is -0.439 e. The summed E-state index contributed by atoms with van der Waals surface area (Å²) < 4.78 is 11.0. The standard InChI is InChI=1S/C18H25N5O2.HI/c19-18(20-7-4-8-23-9-11-24-12-10-23)22-14-17-21-13-16(25-17)15-5-2-1-3-6-15;/h1-3,5-6,13H,4,7-12,14H2,(H3,19,20,22);1H. The number of nitrogens with one attached hydrogen (secondary N) is 1. The van der Waals surface area contributed by atoms with Crippen molar-refractivity contribution in [3.8, 4) is 11.3 Å². The van der Waals surface area contributed by atoms with Gasteiger partial charge >= 0.3 is 0 Å². The van der Waals surface area contributed by atoms with E-state index < -0.39 is 0 Å². The summed E-state index contributed by atoms with van der Waals surface area (Å²) in [4.78, 5) is 10.9. The smallest absolute Gasteiger partial charge is 0.216 e. The Bertz CT molecular complexity index is 671. The molecule has 2 heterocycles. The highest BCUT2D eigenvalue weighted by atomic mass is 127. The van der Waals surface area contributed by atoms with Gasteiger partial charge in [-0.25, -0.2) is 9.98 Å². The minimum atomic E-state index is 0. The maximum absolute atomic E-state index is 5.89. The fourth-order valence-electron chi connectivity index (χ4n) is 2.67. The van der Waals surface area contributed by atoms with Crippen molar-refractivity contribution in [1.29, 1.82) is 0 Å². The van der Waals surface area contributed by atoms with E-state index in [2.05, 4.69) is 20.2 Å². The number of rotatable bonds is 7. The fourth-order valence-corrected chi connectivity index (χ4v) is 2.67. The molecule has 1 saturated heterocycles. The second-order valence-electron chi connectivity index (χ2n) is 5.92. The lowest BCUT2D eigenvalue weighted by atomic mass is 10.2. The van der Waals surface area contributed by atoms with Crippen LogP contribution in [0.5, 0.6) is 0 Å².